The first-order valence-corrected chi connectivity index (χ1v) is 10.5. The molecular weight excluding hydrogens is 350 g/mol. The Morgan fingerprint density at radius 1 is 1.25 bits per heavy atom. The second-order valence-corrected chi connectivity index (χ2v) is 8.50. The summed E-state index contributed by atoms with van der Waals surface area (Å²) in [6, 6.07) is 8.32. The highest BCUT2D eigenvalue weighted by Crippen LogP contribution is 2.36. The van der Waals surface area contributed by atoms with Gasteiger partial charge in [0.15, 0.2) is 5.69 Å². The lowest BCUT2D eigenvalue weighted by Gasteiger charge is -2.25. The first kappa shape index (κ1) is 17.5. The van der Waals surface area contributed by atoms with Crippen LogP contribution in [0.25, 0.3) is 11.0 Å². The van der Waals surface area contributed by atoms with Crippen molar-refractivity contribution < 1.29 is 4.79 Å². The lowest BCUT2D eigenvalue weighted by Crippen LogP contribution is -2.33. The van der Waals surface area contributed by atoms with Crippen LogP contribution in [0.3, 0.4) is 0 Å². The number of nitrogens with one attached hydrogen (secondary N) is 1. The standard InChI is InChI=1S/C22H27N5O/c1-14(2)13-27-18-10-4-3-8-17(18)23-21(27)19-11-6-12-26(19)22(28)20-15-7-5-9-16(15)24-25-20/h3-4,8,10,14,19H,5-7,9,11-13H2,1-2H3,(H,24,25). The van der Waals surface area contributed by atoms with E-state index in [1.165, 1.54) is 0 Å². The van der Waals surface area contributed by atoms with Crippen molar-refractivity contribution in [1.82, 2.24) is 24.6 Å². The normalized spacial score (nSPS) is 19.1. The van der Waals surface area contributed by atoms with Gasteiger partial charge in [0.2, 0.25) is 0 Å². The average molecular weight is 377 g/mol. The predicted molar refractivity (Wildman–Crippen MR) is 108 cm³/mol. The van der Waals surface area contributed by atoms with E-state index in [4.69, 9.17) is 4.98 Å². The highest BCUT2D eigenvalue weighted by molar-refractivity contribution is 5.94. The second kappa shape index (κ2) is 6.76. The van der Waals surface area contributed by atoms with Gasteiger partial charge in [-0.3, -0.25) is 9.89 Å². The van der Waals surface area contributed by atoms with Gasteiger partial charge in [-0.2, -0.15) is 5.10 Å². The van der Waals surface area contributed by atoms with Crippen molar-refractivity contribution in [2.75, 3.05) is 6.54 Å². The van der Waals surface area contributed by atoms with Gasteiger partial charge in [-0.25, -0.2) is 4.98 Å². The lowest BCUT2D eigenvalue weighted by atomic mass is 10.1. The lowest BCUT2D eigenvalue weighted by molar-refractivity contribution is 0.0720. The number of hydrogen-bond donors (Lipinski definition) is 1. The molecule has 0 saturated carbocycles. The number of nitrogens with zero attached hydrogens (tertiary/aromatic N) is 4. The molecule has 1 aromatic carbocycles. The Morgan fingerprint density at radius 2 is 2.11 bits per heavy atom. The predicted octanol–water partition coefficient (Wildman–Crippen LogP) is 3.88. The van der Waals surface area contributed by atoms with E-state index in [9.17, 15) is 4.79 Å². The van der Waals surface area contributed by atoms with Crippen LogP contribution < -0.4 is 0 Å². The molecule has 1 aliphatic carbocycles. The molecule has 1 aliphatic heterocycles. The summed E-state index contributed by atoms with van der Waals surface area (Å²) < 4.78 is 2.32. The molecule has 146 valence electrons. The van der Waals surface area contributed by atoms with E-state index < -0.39 is 0 Å². The minimum absolute atomic E-state index is 0.0207. The average Bonchev–Trinajstić information content (AvgIpc) is 3.44. The summed E-state index contributed by atoms with van der Waals surface area (Å²) in [7, 11) is 0. The van der Waals surface area contributed by atoms with Crippen molar-refractivity contribution in [3.63, 3.8) is 0 Å². The summed E-state index contributed by atoms with van der Waals surface area (Å²) in [5.41, 5.74) is 5.08. The SMILES string of the molecule is CC(C)Cn1c(C2CCCN2C(=O)c2n[nH]c3c2CCC3)nc2ccccc21. The van der Waals surface area contributed by atoms with Gasteiger partial charge in [0.25, 0.3) is 5.91 Å². The van der Waals surface area contributed by atoms with Crippen LogP contribution in [0, 0.1) is 5.92 Å². The fourth-order valence-corrected chi connectivity index (χ4v) is 4.82. The number of benzene rings is 1. The number of H-pyrrole nitrogens is 1. The quantitative estimate of drug-likeness (QED) is 0.750. The van der Waals surface area contributed by atoms with Crippen molar-refractivity contribution in [1.29, 1.82) is 0 Å². The molecular formula is C22H27N5O. The number of carbonyl (C=O) groups is 1. The summed E-state index contributed by atoms with van der Waals surface area (Å²) in [6.45, 7) is 6.13. The van der Waals surface area contributed by atoms with E-state index in [0.29, 0.717) is 11.6 Å². The van der Waals surface area contributed by atoms with Crippen LogP contribution in [0.5, 0.6) is 0 Å². The Morgan fingerprint density at radius 3 is 2.96 bits per heavy atom. The molecule has 1 N–H and O–H groups in total. The minimum atomic E-state index is 0.0207. The molecule has 2 aliphatic rings. The van der Waals surface area contributed by atoms with Gasteiger partial charge in [0.1, 0.15) is 5.82 Å². The van der Waals surface area contributed by atoms with Gasteiger partial charge in [0.05, 0.1) is 17.1 Å². The molecule has 3 aromatic rings. The molecule has 1 saturated heterocycles. The highest BCUT2D eigenvalue weighted by Gasteiger charge is 2.37. The molecule has 0 spiro atoms. The third-order valence-electron chi connectivity index (χ3n) is 6.05. The van der Waals surface area contributed by atoms with E-state index in [2.05, 4.69) is 46.8 Å². The zero-order valence-electron chi connectivity index (χ0n) is 16.6. The molecule has 0 bridgehead atoms. The number of likely N-dealkylation sites (tertiary alicyclic amines) is 1. The number of para-hydroxylation sites is 2. The van der Waals surface area contributed by atoms with Crippen LogP contribution in [0.1, 0.15) is 66.7 Å². The fraction of sp³-hybridized carbons (Fsp3) is 0.500. The molecule has 1 amide bonds. The van der Waals surface area contributed by atoms with E-state index in [-0.39, 0.29) is 11.9 Å². The molecule has 2 aromatic heterocycles. The largest absolute Gasteiger partial charge is 0.327 e. The fourth-order valence-electron chi connectivity index (χ4n) is 4.82. The monoisotopic (exact) mass is 377 g/mol. The maximum atomic E-state index is 13.4. The molecule has 1 fully saturated rings. The van der Waals surface area contributed by atoms with Gasteiger partial charge in [0, 0.05) is 24.3 Å². The van der Waals surface area contributed by atoms with Gasteiger partial charge >= 0.3 is 0 Å². The number of aromatic nitrogens is 4. The van der Waals surface area contributed by atoms with Crippen LogP contribution in [0.2, 0.25) is 0 Å². The van der Waals surface area contributed by atoms with Crippen molar-refractivity contribution in [2.45, 2.75) is 58.5 Å². The Balaban J connectivity index is 1.54. The minimum Gasteiger partial charge on any atom is -0.327 e. The Labute approximate surface area is 164 Å². The first-order valence-electron chi connectivity index (χ1n) is 10.5. The third-order valence-corrected chi connectivity index (χ3v) is 6.05. The number of aromatic amines is 1. The smallest absolute Gasteiger partial charge is 0.275 e. The summed E-state index contributed by atoms with van der Waals surface area (Å²) in [5.74, 6) is 1.59. The van der Waals surface area contributed by atoms with Gasteiger partial charge < -0.3 is 9.47 Å². The summed E-state index contributed by atoms with van der Waals surface area (Å²) in [5, 5.41) is 7.47. The summed E-state index contributed by atoms with van der Waals surface area (Å²) in [6.07, 6.45) is 5.03. The molecule has 6 heteroatoms. The molecule has 6 nitrogen and oxygen atoms in total. The third kappa shape index (κ3) is 2.74. The summed E-state index contributed by atoms with van der Waals surface area (Å²) in [4.78, 5) is 20.4. The Kier molecular flexibility index (Phi) is 4.22. The van der Waals surface area contributed by atoms with Crippen LogP contribution in [0.4, 0.5) is 0 Å². The zero-order valence-corrected chi connectivity index (χ0v) is 16.6. The van der Waals surface area contributed by atoms with Crippen molar-refractivity contribution >= 4 is 16.9 Å². The van der Waals surface area contributed by atoms with Crippen LogP contribution in [-0.4, -0.2) is 37.1 Å². The molecule has 1 atom stereocenters. The van der Waals surface area contributed by atoms with E-state index in [0.717, 1.165) is 73.3 Å². The van der Waals surface area contributed by atoms with Crippen molar-refractivity contribution in [2.24, 2.45) is 5.92 Å². The van der Waals surface area contributed by atoms with Gasteiger partial charge in [-0.05, 0) is 50.2 Å². The van der Waals surface area contributed by atoms with Gasteiger partial charge in [-0.15, -0.1) is 0 Å². The van der Waals surface area contributed by atoms with E-state index in [1.807, 2.05) is 11.0 Å². The number of hydrogen-bond acceptors (Lipinski definition) is 3. The molecule has 28 heavy (non-hydrogen) atoms. The highest BCUT2D eigenvalue weighted by atomic mass is 16.2. The zero-order chi connectivity index (χ0) is 19.3. The maximum absolute atomic E-state index is 13.4. The van der Waals surface area contributed by atoms with Crippen LogP contribution >= 0.6 is 0 Å². The number of fused-ring (bicyclic) bond motifs is 2. The van der Waals surface area contributed by atoms with Crippen LogP contribution in [-0.2, 0) is 19.4 Å². The number of amides is 1. The Bertz CT molecular complexity index is 1030. The van der Waals surface area contributed by atoms with Crippen molar-refractivity contribution in [3.8, 4) is 0 Å². The van der Waals surface area contributed by atoms with Crippen molar-refractivity contribution in [3.05, 3.63) is 47.0 Å². The summed E-state index contributed by atoms with van der Waals surface area (Å²) >= 11 is 0. The van der Waals surface area contributed by atoms with Gasteiger partial charge in [-0.1, -0.05) is 26.0 Å². The molecule has 3 heterocycles. The van der Waals surface area contributed by atoms with Crippen LogP contribution in [0.15, 0.2) is 24.3 Å². The number of imidazole rings is 1. The molecule has 0 radical (unpaired) electrons. The molecule has 1 unspecified atom stereocenters. The molecule has 5 rings (SSSR count). The second-order valence-electron chi connectivity index (χ2n) is 8.50. The first-order chi connectivity index (χ1) is 13.6. The maximum Gasteiger partial charge on any atom is 0.275 e. The van der Waals surface area contributed by atoms with E-state index >= 15 is 0 Å². The topological polar surface area (TPSA) is 66.8 Å². The Hall–Kier alpha value is -2.63. The number of carbonyl (C=O) groups excluding carboxylic acids is 1. The van der Waals surface area contributed by atoms with E-state index in [1.54, 1.807) is 0 Å². The number of aryl methyl sites for hydroxylation is 1. The number of rotatable bonds is 4.